The Balaban J connectivity index is 1.32. The van der Waals surface area contributed by atoms with Crippen LogP contribution in [0.15, 0.2) is 30.3 Å². The second kappa shape index (κ2) is 9.46. The molecule has 1 saturated heterocycles. The summed E-state index contributed by atoms with van der Waals surface area (Å²) < 4.78 is 7.57. The van der Waals surface area contributed by atoms with E-state index < -0.39 is 0 Å². The quantitative estimate of drug-likeness (QED) is 0.570. The van der Waals surface area contributed by atoms with E-state index in [0.717, 1.165) is 64.5 Å². The Morgan fingerprint density at radius 1 is 1.07 bits per heavy atom. The lowest BCUT2D eigenvalue weighted by atomic mass is 9.96. The highest BCUT2D eigenvalue weighted by Crippen LogP contribution is 2.25. The maximum absolute atomic E-state index is 5.76. The Morgan fingerprint density at radius 2 is 1.89 bits per heavy atom. The molecule has 0 unspecified atom stereocenters. The Bertz CT molecular complexity index is 710. The van der Waals surface area contributed by atoms with Crippen LogP contribution in [-0.4, -0.2) is 54.1 Å². The van der Waals surface area contributed by atoms with Crippen molar-refractivity contribution in [2.24, 2.45) is 0 Å². The summed E-state index contributed by atoms with van der Waals surface area (Å²) in [6.07, 6.45) is 4.75. The van der Waals surface area contributed by atoms with E-state index in [9.17, 15) is 0 Å². The first-order valence-corrected chi connectivity index (χ1v) is 10.2. The van der Waals surface area contributed by atoms with Crippen LogP contribution in [0.25, 0.3) is 0 Å². The van der Waals surface area contributed by atoms with Crippen LogP contribution in [0.1, 0.15) is 35.4 Å². The van der Waals surface area contributed by atoms with Crippen LogP contribution in [0.5, 0.6) is 0 Å². The fourth-order valence-corrected chi connectivity index (χ4v) is 3.97. The van der Waals surface area contributed by atoms with Crippen LogP contribution >= 0.6 is 0 Å². The number of nitrogens with zero attached hydrogens (tertiary/aromatic N) is 3. The first kappa shape index (κ1) is 18.6. The molecule has 4 rings (SSSR count). The van der Waals surface area contributed by atoms with Gasteiger partial charge in [0, 0.05) is 31.9 Å². The minimum atomic E-state index is 0.535. The summed E-state index contributed by atoms with van der Waals surface area (Å²) >= 11 is 0. The van der Waals surface area contributed by atoms with E-state index in [1.165, 1.54) is 29.7 Å². The van der Waals surface area contributed by atoms with Crippen LogP contribution in [0.4, 0.5) is 0 Å². The number of ether oxygens (including phenoxy) is 1. The second-order valence-electron chi connectivity index (χ2n) is 7.36. The summed E-state index contributed by atoms with van der Waals surface area (Å²) in [7, 11) is 0. The van der Waals surface area contributed by atoms with Gasteiger partial charge in [0.05, 0.1) is 25.5 Å². The van der Waals surface area contributed by atoms with E-state index in [2.05, 4.69) is 45.4 Å². The highest BCUT2D eigenvalue weighted by Gasteiger charge is 2.21. The van der Waals surface area contributed by atoms with Crippen molar-refractivity contribution in [3.63, 3.8) is 0 Å². The van der Waals surface area contributed by atoms with Gasteiger partial charge in [-0.05, 0) is 36.8 Å². The number of nitrogens with one attached hydrogen (secondary N) is 1. The van der Waals surface area contributed by atoms with E-state index in [1.807, 2.05) is 0 Å². The van der Waals surface area contributed by atoms with Gasteiger partial charge in [-0.3, -0.25) is 14.4 Å². The summed E-state index contributed by atoms with van der Waals surface area (Å²) in [6.45, 7) is 6.90. The molecule has 0 spiro atoms. The Labute approximate surface area is 161 Å². The highest BCUT2D eigenvalue weighted by atomic mass is 16.6. The molecule has 146 valence electrons. The standard InChI is InChI=1S/C21H30N4O2/c1-2-6-18(7-3-1)16-25-21-9-5-4-8-19(21)20(23-25)17-27-22-10-11-24-12-14-26-15-13-24/h1-3,6-7,22H,4-5,8-17H2. The Hall–Kier alpha value is -1.73. The topological polar surface area (TPSA) is 51.5 Å². The second-order valence-corrected chi connectivity index (χ2v) is 7.36. The predicted octanol–water partition coefficient (Wildman–Crippen LogP) is 2.16. The molecule has 1 fully saturated rings. The lowest BCUT2D eigenvalue weighted by molar-refractivity contribution is 0.00486. The van der Waals surface area contributed by atoms with Crippen LogP contribution in [0.3, 0.4) is 0 Å². The molecule has 1 aromatic heterocycles. The zero-order valence-corrected chi connectivity index (χ0v) is 16.0. The van der Waals surface area contributed by atoms with Gasteiger partial charge in [0.1, 0.15) is 6.61 Å². The molecule has 27 heavy (non-hydrogen) atoms. The van der Waals surface area contributed by atoms with E-state index >= 15 is 0 Å². The summed E-state index contributed by atoms with van der Waals surface area (Å²) in [5, 5.41) is 4.90. The molecule has 0 radical (unpaired) electrons. The minimum Gasteiger partial charge on any atom is -0.379 e. The summed E-state index contributed by atoms with van der Waals surface area (Å²) in [5.74, 6) is 0. The fraction of sp³-hybridized carbons (Fsp3) is 0.571. The van der Waals surface area contributed by atoms with Gasteiger partial charge < -0.3 is 4.74 Å². The zero-order valence-electron chi connectivity index (χ0n) is 16.0. The molecule has 6 nitrogen and oxygen atoms in total. The molecule has 0 amide bonds. The molecule has 2 heterocycles. The lowest BCUT2D eigenvalue weighted by Crippen LogP contribution is -2.40. The molecule has 1 N–H and O–H groups in total. The molecule has 2 aromatic rings. The van der Waals surface area contributed by atoms with Crippen LogP contribution in [0, 0.1) is 0 Å². The van der Waals surface area contributed by atoms with Crippen molar-refractivity contribution in [2.45, 2.75) is 38.8 Å². The fourth-order valence-electron chi connectivity index (χ4n) is 3.97. The summed E-state index contributed by atoms with van der Waals surface area (Å²) in [4.78, 5) is 8.16. The predicted molar refractivity (Wildman–Crippen MR) is 104 cm³/mol. The molecule has 1 aliphatic carbocycles. The number of rotatable bonds is 8. The van der Waals surface area contributed by atoms with Crippen molar-refractivity contribution in [2.75, 3.05) is 39.4 Å². The number of aromatic nitrogens is 2. The molecule has 0 bridgehead atoms. The number of morpholine rings is 1. The van der Waals surface area contributed by atoms with Gasteiger partial charge in [-0.2, -0.15) is 5.10 Å². The average Bonchev–Trinajstić information content (AvgIpc) is 3.07. The number of fused-ring (bicyclic) bond motifs is 1. The van der Waals surface area contributed by atoms with Gasteiger partial charge in [-0.1, -0.05) is 30.3 Å². The third kappa shape index (κ3) is 4.96. The molecular formula is C21H30N4O2. The van der Waals surface area contributed by atoms with Crippen LogP contribution in [-0.2, 0) is 35.6 Å². The average molecular weight is 370 g/mol. The van der Waals surface area contributed by atoms with Crippen LogP contribution in [0.2, 0.25) is 0 Å². The van der Waals surface area contributed by atoms with E-state index in [4.69, 9.17) is 14.7 Å². The number of hydrogen-bond acceptors (Lipinski definition) is 5. The molecule has 2 aliphatic rings. The molecule has 0 atom stereocenters. The van der Waals surface area contributed by atoms with Crippen molar-refractivity contribution in [1.29, 1.82) is 0 Å². The monoisotopic (exact) mass is 370 g/mol. The van der Waals surface area contributed by atoms with Crippen LogP contribution < -0.4 is 5.48 Å². The van der Waals surface area contributed by atoms with Gasteiger partial charge >= 0.3 is 0 Å². The molecule has 1 aromatic carbocycles. The van der Waals surface area contributed by atoms with Crippen molar-refractivity contribution >= 4 is 0 Å². The van der Waals surface area contributed by atoms with E-state index in [-0.39, 0.29) is 0 Å². The number of hydrogen-bond donors (Lipinski definition) is 1. The summed E-state index contributed by atoms with van der Waals surface area (Å²) in [5.41, 5.74) is 8.32. The highest BCUT2D eigenvalue weighted by molar-refractivity contribution is 5.29. The van der Waals surface area contributed by atoms with Gasteiger partial charge in [0.2, 0.25) is 0 Å². The SMILES string of the molecule is c1ccc(Cn2nc(CONCCN3CCOCC3)c3c2CCCC3)cc1. The third-order valence-electron chi connectivity index (χ3n) is 5.46. The zero-order chi connectivity index (χ0) is 18.3. The number of hydroxylamine groups is 1. The summed E-state index contributed by atoms with van der Waals surface area (Å²) in [6, 6.07) is 10.6. The molecule has 1 aliphatic heterocycles. The smallest absolute Gasteiger partial charge is 0.112 e. The van der Waals surface area contributed by atoms with E-state index in [1.54, 1.807) is 0 Å². The normalized spacial score (nSPS) is 17.8. The Kier molecular flexibility index (Phi) is 6.53. The Morgan fingerprint density at radius 3 is 2.74 bits per heavy atom. The van der Waals surface area contributed by atoms with Gasteiger partial charge in [0.25, 0.3) is 0 Å². The van der Waals surface area contributed by atoms with Gasteiger partial charge in [0.15, 0.2) is 0 Å². The number of benzene rings is 1. The first-order chi connectivity index (χ1) is 13.4. The van der Waals surface area contributed by atoms with Crippen molar-refractivity contribution < 1.29 is 9.57 Å². The minimum absolute atomic E-state index is 0.535. The third-order valence-corrected chi connectivity index (χ3v) is 5.46. The molecule has 0 saturated carbocycles. The van der Waals surface area contributed by atoms with Crippen molar-refractivity contribution in [3.8, 4) is 0 Å². The van der Waals surface area contributed by atoms with E-state index in [0.29, 0.717) is 6.61 Å². The van der Waals surface area contributed by atoms with Crippen molar-refractivity contribution in [3.05, 3.63) is 52.8 Å². The van der Waals surface area contributed by atoms with Gasteiger partial charge in [-0.25, -0.2) is 5.48 Å². The first-order valence-electron chi connectivity index (χ1n) is 10.2. The maximum atomic E-state index is 5.76. The molecular weight excluding hydrogens is 340 g/mol. The maximum Gasteiger partial charge on any atom is 0.112 e. The largest absolute Gasteiger partial charge is 0.379 e. The lowest BCUT2D eigenvalue weighted by Gasteiger charge is -2.26. The van der Waals surface area contributed by atoms with Gasteiger partial charge in [-0.15, -0.1) is 0 Å². The molecule has 6 heteroatoms. The van der Waals surface area contributed by atoms with Crippen molar-refractivity contribution in [1.82, 2.24) is 20.2 Å².